The summed E-state index contributed by atoms with van der Waals surface area (Å²) in [5.74, 6) is 0.415. The summed E-state index contributed by atoms with van der Waals surface area (Å²) in [6.45, 7) is 4.00. The van der Waals surface area contributed by atoms with E-state index < -0.39 is 0 Å². The molecule has 0 bridgehead atoms. The monoisotopic (exact) mass is 341 g/mol. The zero-order valence-corrected chi connectivity index (χ0v) is 14.7. The highest BCUT2D eigenvalue weighted by Gasteiger charge is 2.19. The number of amides is 1. The van der Waals surface area contributed by atoms with Crippen LogP contribution in [0.4, 0.5) is 5.69 Å². The van der Waals surface area contributed by atoms with Gasteiger partial charge < -0.3 is 14.6 Å². The molecule has 124 valence electrons. The molecule has 1 N–H and O–H groups in total. The Hall–Kier alpha value is -2.60. The first-order chi connectivity index (χ1) is 11.6. The number of hydrogen-bond donors (Lipinski definition) is 1. The van der Waals surface area contributed by atoms with Crippen molar-refractivity contribution in [3.05, 3.63) is 58.9 Å². The number of carbonyl (C=O) groups excluding carboxylic acids is 1. The van der Waals surface area contributed by atoms with E-state index in [1.807, 2.05) is 61.1 Å². The second-order valence-electron chi connectivity index (χ2n) is 5.37. The molecule has 3 rings (SSSR count). The number of methoxy groups -OCH3 is 1. The molecule has 24 heavy (non-hydrogen) atoms. The van der Waals surface area contributed by atoms with Gasteiger partial charge in [0.2, 0.25) is 0 Å². The Balaban J connectivity index is 1.92. The fraction of sp³-hybridized carbons (Fsp3) is 0.222. The van der Waals surface area contributed by atoms with Crippen molar-refractivity contribution in [1.82, 2.24) is 9.55 Å². The summed E-state index contributed by atoms with van der Waals surface area (Å²) >= 11 is 1.53. The zero-order chi connectivity index (χ0) is 17.1. The molecule has 0 saturated carbocycles. The third-order valence-electron chi connectivity index (χ3n) is 3.65. The topological polar surface area (TPSA) is 56.2 Å². The van der Waals surface area contributed by atoms with Crippen LogP contribution >= 0.6 is 11.3 Å². The predicted octanol–water partition coefficient (Wildman–Crippen LogP) is 4.07. The van der Waals surface area contributed by atoms with Gasteiger partial charge in [0.1, 0.15) is 11.4 Å². The molecule has 3 aromatic rings. The molecule has 0 unspecified atom stereocenters. The number of nitrogens with one attached hydrogen (secondary N) is 1. The second-order valence-corrected chi connectivity index (χ2v) is 6.43. The molecule has 0 aliphatic rings. The van der Waals surface area contributed by atoms with Crippen LogP contribution in [0, 0.1) is 6.92 Å². The van der Waals surface area contributed by atoms with Gasteiger partial charge in [0, 0.05) is 17.3 Å². The van der Waals surface area contributed by atoms with Gasteiger partial charge >= 0.3 is 0 Å². The van der Waals surface area contributed by atoms with Crippen molar-refractivity contribution < 1.29 is 9.53 Å². The smallest absolute Gasteiger partial charge is 0.275 e. The van der Waals surface area contributed by atoms with E-state index in [4.69, 9.17) is 4.74 Å². The number of ether oxygens (including phenoxy) is 1. The minimum atomic E-state index is -0.217. The third kappa shape index (κ3) is 3.19. The van der Waals surface area contributed by atoms with Crippen LogP contribution in [0.1, 0.15) is 27.9 Å². The van der Waals surface area contributed by atoms with Crippen molar-refractivity contribution in [2.75, 3.05) is 12.4 Å². The summed E-state index contributed by atoms with van der Waals surface area (Å²) in [5, 5.41) is 3.71. The maximum Gasteiger partial charge on any atom is 0.275 e. The van der Waals surface area contributed by atoms with Crippen molar-refractivity contribution in [3.63, 3.8) is 0 Å². The number of carbonyl (C=O) groups is 1. The molecule has 0 radical (unpaired) electrons. The minimum absolute atomic E-state index is 0.217. The summed E-state index contributed by atoms with van der Waals surface area (Å²) in [6.07, 6.45) is 4.60. The summed E-state index contributed by atoms with van der Waals surface area (Å²) in [4.78, 5) is 18.2. The summed E-state index contributed by atoms with van der Waals surface area (Å²) in [5.41, 5.74) is 2.17. The van der Waals surface area contributed by atoms with Gasteiger partial charge in [0.15, 0.2) is 5.13 Å². The van der Waals surface area contributed by atoms with E-state index in [-0.39, 0.29) is 5.91 Å². The van der Waals surface area contributed by atoms with Crippen molar-refractivity contribution in [3.8, 4) is 10.9 Å². The number of aromatic nitrogens is 2. The lowest BCUT2D eigenvalue weighted by Crippen LogP contribution is -2.15. The standard InChI is InChI=1S/C18H19N3O2S/c1-4-15-16(20-18(24-15)21-9-5-6-10-21)17(22)19-13-11-12(2)7-8-14(13)23-3/h5-11H,4H2,1-3H3,(H,19,22). The van der Waals surface area contributed by atoms with Gasteiger partial charge in [-0.3, -0.25) is 4.79 Å². The first kappa shape index (κ1) is 16.3. The molecule has 5 nitrogen and oxygen atoms in total. The van der Waals surface area contributed by atoms with Crippen LogP contribution < -0.4 is 10.1 Å². The van der Waals surface area contributed by atoms with Crippen LogP contribution in [-0.4, -0.2) is 22.6 Å². The van der Waals surface area contributed by atoms with Crippen LogP contribution in [-0.2, 0) is 6.42 Å². The predicted molar refractivity (Wildman–Crippen MR) is 96.5 cm³/mol. The van der Waals surface area contributed by atoms with Gasteiger partial charge in [-0.2, -0.15) is 0 Å². The molecule has 2 aromatic heterocycles. The fourth-order valence-electron chi connectivity index (χ4n) is 2.43. The molecule has 0 aliphatic heterocycles. The molecule has 0 aliphatic carbocycles. The number of hydrogen-bond acceptors (Lipinski definition) is 4. The summed E-state index contributed by atoms with van der Waals surface area (Å²) < 4.78 is 7.23. The van der Waals surface area contributed by atoms with Gasteiger partial charge in [0.05, 0.1) is 12.8 Å². The van der Waals surface area contributed by atoms with Crippen LogP contribution in [0.3, 0.4) is 0 Å². The van der Waals surface area contributed by atoms with E-state index in [1.165, 1.54) is 11.3 Å². The van der Waals surface area contributed by atoms with Gasteiger partial charge in [-0.1, -0.05) is 13.0 Å². The fourth-order valence-corrected chi connectivity index (χ4v) is 3.39. The highest BCUT2D eigenvalue weighted by Crippen LogP contribution is 2.28. The molecule has 0 spiro atoms. The lowest BCUT2D eigenvalue weighted by molar-refractivity contribution is 0.102. The highest BCUT2D eigenvalue weighted by molar-refractivity contribution is 7.14. The van der Waals surface area contributed by atoms with Gasteiger partial charge in [0.25, 0.3) is 5.91 Å². The Morgan fingerprint density at radius 3 is 2.75 bits per heavy atom. The number of benzene rings is 1. The van der Waals surface area contributed by atoms with Crippen LogP contribution in [0.15, 0.2) is 42.7 Å². The molecule has 0 atom stereocenters. The Morgan fingerprint density at radius 1 is 1.33 bits per heavy atom. The normalized spacial score (nSPS) is 10.6. The quantitative estimate of drug-likeness (QED) is 0.761. The Kier molecular flexibility index (Phi) is 4.66. The SMILES string of the molecule is CCc1sc(-n2cccc2)nc1C(=O)Nc1cc(C)ccc1OC. The Morgan fingerprint density at radius 2 is 2.08 bits per heavy atom. The summed E-state index contributed by atoms with van der Waals surface area (Å²) in [7, 11) is 1.59. The van der Waals surface area contributed by atoms with Gasteiger partial charge in [-0.15, -0.1) is 11.3 Å². The molecule has 0 fully saturated rings. The maximum atomic E-state index is 12.7. The van der Waals surface area contributed by atoms with E-state index in [0.717, 1.165) is 22.0 Å². The van der Waals surface area contributed by atoms with Crippen LogP contribution in [0.2, 0.25) is 0 Å². The average molecular weight is 341 g/mol. The molecule has 1 aromatic carbocycles. The number of nitrogens with zero attached hydrogens (tertiary/aromatic N) is 2. The lowest BCUT2D eigenvalue weighted by Gasteiger charge is -2.10. The molecule has 1 amide bonds. The van der Waals surface area contributed by atoms with Gasteiger partial charge in [-0.25, -0.2) is 4.98 Å². The van der Waals surface area contributed by atoms with Crippen LogP contribution in [0.5, 0.6) is 5.75 Å². The maximum absolute atomic E-state index is 12.7. The minimum Gasteiger partial charge on any atom is -0.495 e. The van der Waals surface area contributed by atoms with E-state index in [2.05, 4.69) is 10.3 Å². The van der Waals surface area contributed by atoms with E-state index >= 15 is 0 Å². The average Bonchev–Trinajstić information content (AvgIpc) is 3.24. The van der Waals surface area contributed by atoms with E-state index in [1.54, 1.807) is 7.11 Å². The molecular weight excluding hydrogens is 322 g/mol. The van der Waals surface area contributed by atoms with Crippen molar-refractivity contribution in [2.24, 2.45) is 0 Å². The Labute approximate surface area is 144 Å². The molecular formula is C18H19N3O2S. The van der Waals surface area contributed by atoms with Crippen LogP contribution in [0.25, 0.3) is 5.13 Å². The third-order valence-corrected chi connectivity index (χ3v) is 4.86. The molecule has 2 heterocycles. The van der Waals surface area contributed by atoms with Gasteiger partial charge in [-0.05, 0) is 43.2 Å². The van der Waals surface area contributed by atoms with Crippen molar-refractivity contribution in [1.29, 1.82) is 0 Å². The number of aryl methyl sites for hydroxylation is 2. The van der Waals surface area contributed by atoms with Crippen molar-refractivity contribution in [2.45, 2.75) is 20.3 Å². The highest BCUT2D eigenvalue weighted by atomic mass is 32.1. The van der Waals surface area contributed by atoms with E-state index in [9.17, 15) is 4.79 Å². The zero-order valence-electron chi connectivity index (χ0n) is 13.9. The number of rotatable bonds is 5. The molecule has 0 saturated heterocycles. The van der Waals surface area contributed by atoms with E-state index in [0.29, 0.717) is 17.1 Å². The lowest BCUT2D eigenvalue weighted by atomic mass is 10.2. The molecule has 6 heteroatoms. The Bertz CT molecular complexity index is 853. The first-order valence-electron chi connectivity index (χ1n) is 7.71. The largest absolute Gasteiger partial charge is 0.495 e. The first-order valence-corrected chi connectivity index (χ1v) is 8.53. The van der Waals surface area contributed by atoms with Crippen molar-refractivity contribution >= 4 is 22.9 Å². The number of thiazole rings is 1. The number of anilines is 1. The second kappa shape index (κ2) is 6.88. The summed E-state index contributed by atoms with van der Waals surface area (Å²) in [6, 6.07) is 9.55.